The molecule has 1 unspecified atom stereocenters. The van der Waals surface area contributed by atoms with Crippen molar-refractivity contribution >= 4 is 40.1 Å². The van der Waals surface area contributed by atoms with Crippen LogP contribution in [-0.4, -0.2) is 17.9 Å². The minimum absolute atomic E-state index is 0.349. The van der Waals surface area contributed by atoms with Crippen molar-refractivity contribution in [2.45, 2.75) is 26.8 Å². The Morgan fingerprint density at radius 2 is 1.89 bits per heavy atom. The molecule has 0 heterocycles. The maximum Gasteiger partial charge on any atom is 0.254 e. The standard InChI is InChI=1S/C13H18IN3O2/c1-13(2,3)10(11(16)18)17-12(19)8-6-7(14)4-5-9(8)15/h4-6,10H,15H2,1-3H3,(H2,16,18)(H,17,19). The number of rotatable bonds is 3. The van der Waals surface area contributed by atoms with Gasteiger partial charge in [0.2, 0.25) is 5.91 Å². The maximum absolute atomic E-state index is 12.2. The van der Waals surface area contributed by atoms with Gasteiger partial charge in [0, 0.05) is 9.26 Å². The van der Waals surface area contributed by atoms with Gasteiger partial charge in [-0.25, -0.2) is 0 Å². The first-order chi connectivity index (χ1) is 8.62. The van der Waals surface area contributed by atoms with Gasteiger partial charge in [-0.15, -0.1) is 0 Å². The van der Waals surface area contributed by atoms with E-state index in [1.54, 1.807) is 12.1 Å². The normalized spacial score (nSPS) is 12.8. The van der Waals surface area contributed by atoms with E-state index in [4.69, 9.17) is 11.5 Å². The smallest absolute Gasteiger partial charge is 0.254 e. The third-order valence-electron chi connectivity index (χ3n) is 2.69. The summed E-state index contributed by atoms with van der Waals surface area (Å²) in [5.41, 5.74) is 11.4. The molecule has 5 N–H and O–H groups in total. The SMILES string of the molecule is CC(C)(C)C(NC(=O)c1cc(I)ccc1N)C(N)=O. The number of halogens is 1. The van der Waals surface area contributed by atoms with Crippen LogP contribution in [0.5, 0.6) is 0 Å². The van der Waals surface area contributed by atoms with Crippen LogP contribution in [0.2, 0.25) is 0 Å². The fourth-order valence-corrected chi connectivity index (χ4v) is 2.14. The summed E-state index contributed by atoms with van der Waals surface area (Å²) in [7, 11) is 0. The fraction of sp³-hybridized carbons (Fsp3) is 0.385. The van der Waals surface area contributed by atoms with Gasteiger partial charge in [-0.3, -0.25) is 9.59 Å². The summed E-state index contributed by atoms with van der Waals surface area (Å²) in [6, 6.07) is 4.39. The molecule has 1 aromatic carbocycles. The monoisotopic (exact) mass is 375 g/mol. The van der Waals surface area contributed by atoms with Crippen molar-refractivity contribution in [3.8, 4) is 0 Å². The van der Waals surface area contributed by atoms with Crippen LogP contribution in [0.1, 0.15) is 31.1 Å². The van der Waals surface area contributed by atoms with E-state index in [2.05, 4.69) is 27.9 Å². The number of benzene rings is 1. The number of nitrogen functional groups attached to an aromatic ring is 1. The highest BCUT2D eigenvalue weighted by atomic mass is 127. The molecule has 1 rings (SSSR count). The first-order valence-corrected chi connectivity index (χ1v) is 6.86. The number of hydrogen-bond acceptors (Lipinski definition) is 3. The largest absolute Gasteiger partial charge is 0.398 e. The van der Waals surface area contributed by atoms with Crippen molar-refractivity contribution in [3.63, 3.8) is 0 Å². The van der Waals surface area contributed by atoms with Gasteiger partial charge in [0.25, 0.3) is 5.91 Å². The number of nitrogens with two attached hydrogens (primary N) is 2. The molecular formula is C13H18IN3O2. The van der Waals surface area contributed by atoms with Crippen LogP contribution in [0.25, 0.3) is 0 Å². The summed E-state index contributed by atoms with van der Waals surface area (Å²) in [4.78, 5) is 23.6. The van der Waals surface area contributed by atoms with E-state index in [9.17, 15) is 9.59 Å². The number of carbonyl (C=O) groups is 2. The first kappa shape index (κ1) is 15.7. The lowest BCUT2D eigenvalue weighted by atomic mass is 9.86. The summed E-state index contributed by atoms with van der Waals surface area (Å²) >= 11 is 2.09. The molecule has 19 heavy (non-hydrogen) atoms. The molecule has 104 valence electrons. The van der Waals surface area contributed by atoms with Crippen molar-refractivity contribution in [1.82, 2.24) is 5.32 Å². The molecule has 5 nitrogen and oxygen atoms in total. The Hall–Kier alpha value is -1.31. The lowest BCUT2D eigenvalue weighted by Crippen LogP contribution is -2.52. The molecule has 6 heteroatoms. The highest BCUT2D eigenvalue weighted by molar-refractivity contribution is 14.1. The third kappa shape index (κ3) is 4.09. The van der Waals surface area contributed by atoms with Gasteiger partial charge in [0.15, 0.2) is 0 Å². The Balaban J connectivity index is 3.01. The van der Waals surface area contributed by atoms with E-state index in [1.807, 2.05) is 26.8 Å². The fourth-order valence-electron chi connectivity index (χ4n) is 1.65. The summed E-state index contributed by atoms with van der Waals surface area (Å²) in [5, 5.41) is 2.64. The molecule has 1 atom stereocenters. The van der Waals surface area contributed by atoms with Crippen LogP contribution in [-0.2, 0) is 4.79 Å². The summed E-state index contributed by atoms with van der Waals surface area (Å²) in [5.74, 6) is -0.959. The Kier molecular flexibility index (Phi) is 4.78. The predicted octanol–water partition coefficient (Wildman–Crippen LogP) is 1.50. The maximum atomic E-state index is 12.2. The highest BCUT2D eigenvalue weighted by Crippen LogP contribution is 2.21. The van der Waals surface area contributed by atoms with E-state index in [0.29, 0.717) is 11.3 Å². The van der Waals surface area contributed by atoms with Crippen molar-refractivity contribution in [3.05, 3.63) is 27.3 Å². The van der Waals surface area contributed by atoms with E-state index < -0.39 is 23.3 Å². The minimum atomic E-state index is -0.753. The van der Waals surface area contributed by atoms with Crippen molar-refractivity contribution in [2.75, 3.05) is 5.73 Å². The zero-order valence-corrected chi connectivity index (χ0v) is 13.3. The Labute approximate surface area is 126 Å². The Morgan fingerprint density at radius 1 is 1.32 bits per heavy atom. The molecule has 0 fully saturated rings. The highest BCUT2D eigenvalue weighted by Gasteiger charge is 2.31. The average Bonchev–Trinajstić information content (AvgIpc) is 2.26. The number of carbonyl (C=O) groups excluding carboxylic acids is 2. The predicted molar refractivity (Wildman–Crippen MR) is 83.5 cm³/mol. The molecule has 0 radical (unpaired) electrons. The Bertz CT molecular complexity index is 509. The molecule has 0 spiro atoms. The molecule has 0 aliphatic heterocycles. The molecule has 1 aromatic rings. The van der Waals surface area contributed by atoms with E-state index in [1.165, 1.54) is 0 Å². The van der Waals surface area contributed by atoms with Crippen LogP contribution >= 0.6 is 22.6 Å². The number of anilines is 1. The van der Waals surface area contributed by atoms with Crippen LogP contribution in [0.4, 0.5) is 5.69 Å². The molecule has 0 aromatic heterocycles. The lowest BCUT2D eigenvalue weighted by molar-refractivity contribution is -0.122. The zero-order chi connectivity index (χ0) is 14.8. The molecule has 0 saturated heterocycles. The lowest BCUT2D eigenvalue weighted by Gasteiger charge is -2.28. The summed E-state index contributed by atoms with van der Waals surface area (Å²) < 4.78 is 0.892. The summed E-state index contributed by atoms with van der Waals surface area (Å²) in [6.07, 6.45) is 0. The quantitative estimate of drug-likeness (QED) is 0.552. The molecule has 0 bridgehead atoms. The van der Waals surface area contributed by atoms with Gasteiger partial charge < -0.3 is 16.8 Å². The van der Waals surface area contributed by atoms with Gasteiger partial charge in [0.05, 0.1) is 5.56 Å². The van der Waals surface area contributed by atoms with Gasteiger partial charge in [-0.1, -0.05) is 20.8 Å². The van der Waals surface area contributed by atoms with Crippen LogP contribution in [0, 0.1) is 8.99 Å². The van der Waals surface area contributed by atoms with Crippen LogP contribution in [0.3, 0.4) is 0 Å². The van der Waals surface area contributed by atoms with Gasteiger partial charge in [-0.2, -0.15) is 0 Å². The van der Waals surface area contributed by atoms with Crippen molar-refractivity contribution in [2.24, 2.45) is 11.1 Å². The van der Waals surface area contributed by atoms with Crippen molar-refractivity contribution in [1.29, 1.82) is 0 Å². The van der Waals surface area contributed by atoms with E-state index >= 15 is 0 Å². The second-order valence-electron chi connectivity index (χ2n) is 5.41. The van der Waals surface area contributed by atoms with Crippen molar-refractivity contribution < 1.29 is 9.59 Å². The minimum Gasteiger partial charge on any atom is -0.398 e. The first-order valence-electron chi connectivity index (χ1n) is 5.78. The second kappa shape index (κ2) is 5.77. The topological polar surface area (TPSA) is 98.2 Å². The van der Waals surface area contributed by atoms with Crippen LogP contribution < -0.4 is 16.8 Å². The molecular weight excluding hydrogens is 357 g/mol. The Morgan fingerprint density at radius 3 is 2.37 bits per heavy atom. The molecule has 0 aliphatic rings. The third-order valence-corrected chi connectivity index (χ3v) is 3.36. The molecule has 0 saturated carbocycles. The number of amides is 2. The molecule has 0 aliphatic carbocycles. The van der Waals surface area contributed by atoms with E-state index in [0.717, 1.165) is 3.57 Å². The zero-order valence-electron chi connectivity index (χ0n) is 11.2. The average molecular weight is 375 g/mol. The van der Waals surface area contributed by atoms with E-state index in [-0.39, 0.29) is 0 Å². The van der Waals surface area contributed by atoms with Gasteiger partial charge >= 0.3 is 0 Å². The van der Waals surface area contributed by atoms with Crippen LogP contribution in [0.15, 0.2) is 18.2 Å². The number of primary amides is 1. The van der Waals surface area contributed by atoms with Gasteiger partial charge in [-0.05, 0) is 46.2 Å². The number of hydrogen-bond donors (Lipinski definition) is 3. The number of nitrogens with one attached hydrogen (secondary N) is 1. The van der Waals surface area contributed by atoms with Gasteiger partial charge in [0.1, 0.15) is 6.04 Å². The second-order valence-corrected chi connectivity index (χ2v) is 6.65. The summed E-state index contributed by atoms with van der Waals surface area (Å²) in [6.45, 7) is 5.50. The molecule has 2 amide bonds.